The van der Waals surface area contributed by atoms with E-state index in [1.54, 1.807) is 0 Å². The molecule has 0 radical (unpaired) electrons. The maximum Gasteiger partial charge on any atom is 0.356 e. The molecule has 0 saturated heterocycles. The van der Waals surface area contributed by atoms with Gasteiger partial charge >= 0.3 is 5.97 Å². The van der Waals surface area contributed by atoms with Gasteiger partial charge in [-0.3, -0.25) is 4.98 Å². The van der Waals surface area contributed by atoms with Crippen LogP contribution < -0.4 is 4.74 Å². The average molecular weight is 184 g/mol. The number of rotatable bonds is 4. The molecule has 0 fully saturated rings. The molecule has 2 N–H and O–H groups in total. The van der Waals surface area contributed by atoms with Crippen LogP contribution in [-0.4, -0.2) is 39.4 Å². The van der Waals surface area contributed by atoms with Crippen LogP contribution in [0.1, 0.15) is 10.5 Å². The lowest BCUT2D eigenvalue weighted by atomic mass is 10.5. The van der Waals surface area contributed by atoms with Crippen LogP contribution in [0.15, 0.2) is 12.4 Å². The highest BCUT2D eigenvalue weighted by atomic mass is 16.5. The molecule has 0 aliphatic heterocycles. The lowest BCUT2D eigenvalue weighted by Gasteiger charge is -2.01. The minimum Gasteiger partial charge on any atom is -0.476 e. The van der Waals surface area contributed by atoms with E-state index in [0.29, 0.717) is 0 Å². The van der Waals surface area contributed by atoms with Gasteiger partial charge in [-0.15, -0.1) is 0 Å². The van der Waals surface area contributed by atoms with E-state index in [0.717, 1.165) is 6.20 Å². The van der Waals surface area contributed by atoms with Crippen molar-refractivity contribution in [3.05, 3.63) is 18.1 Å². The minimum atomic E-state index is -1.16. The third-order valence-corrected chi connectivity index (χ3v) is 1.17. The second-order valence-corrected chi connectivity index (χ2v) is 2.12. The van der Waals surface area contributed by atoms with Gasteiger partial charge in [0.2, 0.25) is 5.88 Å². The van der Waals surface area contributed by atoms with Gasteiger partial charge in [-0.25, -0.2) is 9.78 Å². The standard InChI is InChI=1S/C7H8N2O4/c10-1-2-13-6-4-8-3-5(9-6)7(11)12/h3-4,10H,1-2H2,(H,11,12). The van der Waals surface area contributed by atoms with Crippen molar-refractivity contribution in [1.82, 2.24) is 9.97 Å². The number of hydrogen-bond acceptors (Lipinski definition) is 5. The molecule has 1 heterocycles. The Morgan fingerprint density at radius 2 is 2.31 bits per heavy atom. The Labute approximate surface area is 73.8 Å². The van der Waals surface area contributed by atoms with Crippen molar-refractivity contribution in [1.29, 1.82) is 0 Å². The van der Waals surface area contributed by atoms with Gasteiger partial charge in [0.1, 0.15) is 6.61 Å². The van der Waals surface area contributed by atoms with E-state index in [9.17, 15) is 4.79 Å². The molecule has 0 aromatic carbocycles. The number of nitrogens with zero attached hydrogens (tertiary/aromatic N) is 2. The summed E-state index contributed by atoms with van der Waals surface area (Å²) in [5.41, 5.74) is -0.185. The summed E-state index contributed by atoms with van der Waals surface area (Å²) < 4.78 is 4.86. The van der Waals surface area contributed by atoms with E-state index < -0.39 is 5.97 Å². The van der Waals surface area contributed by atoms with Gasteiger partial charge in [-0.05, 0) is 0 Å². The van der Waals surface area contributed by atoms with Crippen molar-refractivity contribution in [2.24, 2.45) is 0 Å². The van der Waals surface area contributed by atoms with Crippen molar-refractivity contribution in [2.75, 3.05) is 13.2 Å². The van der Waals surface area contributed by atoms with Crippen LogP contribution in [0.25, 0.3) is 0 Å². The molecule has 6 nitrogen and oxygen atoms in total. The quantitative estimate of drug-likeness (QED) is 0.658. The smallest absolute Gasteiger partial charge is 0.356 e. The molecule has 0 saturated carbocycles. The predicted octanol–water partition coefficient (Wildman–Crippen LogP) is -0.454. The molecule has 1 rings (SSSR count). The third-order valence-electron chi connectivity index (χ3n) is 1.17. The maximum absolute atomic E-state index is 10.4. The summed E-state index contributed by atoms with van der Waals surface area (Å²) in [6.07, 6.45) is 2.40. The molecule has 1 aromatic rings. The Morgan fingerprint density at radius 1 is 1.54 bits per heavy atom. The minimum absolute atomic E-state index is 0.0672. The zero-order valence-electron chi connectivity index (χ0n) is 6.67. The van der Waals surface area contributed by atoms with Crippen LogP contribution >= 0.6 is 0 Å². The molecular weight excluding hydrogens is 176 g/mol. The van der Waals surface area contributed by atoms with Crippen molar-refractivity contribution >= 4 is 5.97 Å². The highest BCUT2D eigenvalue weighted by molar-refractivity contribution is 5.84. The summed E-state index contributed by atoms with van der Waals surface area (Å²) in [5, 5.41) is 16.9. The Balaban J connectivity index is 2.73. The number of hydrogen-bond donors (Lipinski definition) is 2. The molecule has 70 valence electrons. The summed E-state index contributed by atoms with van der Waals surface area (Å²) in [4.78, 5) is 17.6. The first-order chi connectivity index (χ1) is 6.24. The van der Waals surface area contributed by atoms with Crippen LogP contribution in [-0.2, 0) is 0 Å². The number of carboxylic acid groups (broad SMARTS) is 1. The van der Waals surface area contributed by atoms with Gasteiger partial charge in [0.05, 0.1) is 19.0 Å². The fourth-order valence-corrected chi connectivity index (χ4v) is 0.671. The zero-order valence-corrected chi connectivity index (χ0v) is 6.67. The molecule has 0 aliphatic rings. The van der Waals surface area contributed by atoms with Gasteiger partial charge in [-0.1, -0.05) is 0 Å². The second-order valence-electron chi connectivity index (χ2n) is 2.12. The first-order valence-corrected chi connectivity index (χ1v) is 3.53. The lowest BCUT2D eigenvalue weighted by molar-refractivity contribution is 0.0688. The Kier molecular flexibility index (Phi) is 3.15. The van der Waals surface area contributed by atoms with Crippen molar-refractivity contribution in [3.8, 4) is 5.88 Å². The summed E-state index contributed by atoms with van der Waals surface area (Å²) in [6, 6.07) is 0. The van der Waals surface area contributed by atoms with Gasteiger partial charge in [-0.2, -0.15) is 0 Å². The molecule has 6 heteroatoms. The van der Waals surface area contributed by atoms with Crippen molar-refractivity contribution in [3.63, 3.8) is 0 Å². The summed E-state index contributed by atoms with van der Waals surface area (Å²) >= 11 is 0. The summed E-state index contributed by atoms with van der Waals surface area (Å²) in [5.74, 6) is -1.07. The topological polar surface area (TPSA) is 92.5 Å². The second kappa shape index (κ2) is 4.36. The molecule has 1 aromatic heterocycles. The largest absolute Gasteiger partial charge is 0.476 e. The monoisotopic (exact) mass is 184 g/mol. The fraction of sp³-hybridized carbons (Fsp3) is 0.286. The highest BCUT2D eigenvalue weighted by Crippen LogP contribution is 2.04. The molecule has 0 spiro atoms. The number of aromatic carboxylic acids is 1. The SMILES string of the molecule is O=C(O)c1cncc(OCCO)n1. The van der Waals surface area contributed by atoms with E-state index >= 15 is 0 Å². The molecule has 0 bridgehead atoms. The summed E-state index contributed by atoms with van der Waals surface area (Å²) in [7, 11) is 0. The van der Waals surface area contributed by atoms with E-state index in [4.69, 9.17) is 14.9 Å². The van der Waals surface area contributed by atoms with E-state index in [1.807, 2.05) is 0 Å². The molecule has 0 atom stereocenters. The number of carboxylic acids is 1. The van der Waals surface area contributed by atoms with Crippen LogP contribution in [0.2, 0.25) is 0 Å². The first-order valence-electron chi connectivity index (χ1n) is 3.53. The maximum atomic E-state index is 10.4. The Bertz CT molecular complexity index is 302. The Morgan fingerprint density at radius 3 is 2.92 bits per heavy atom. The summed E-state index contributed by atoms with van der Waals surface area (Å²) in [6.45, 7) is -0.0866. The lowest BCUT2D eigenvalue weighted by Crippen LogP contribution is -2.07. The zero-order chi connectivity index (χ0) is 9.68. The normalized spacial score (nSPS) is 9.62. The van der Waals surface area contributed by atoms with Crippen LogP contribution in [0.3, 0.4) is 0 Å². The van der Waals surface area contributed by atoms with Gasteiger partial charge in [0.15, 0.2) is 5.69 Å². The number of aromatic nitrogens is 2. The number of ether oxygens (including phenoxy) is 1. The van der Waals surface area contributed by atoms with Crippen molar-refractivity contribution in [2.45, 2.75) is 0 Å². The molecule has 13 heavy (non-hydrogen) atoms. The van der Waals surface area contributed by atoms with Gasteiger partial charge < -0.3 is 14.9 Å². The average Bonchev–Trinajstić information content (AvgIpc) is 2.15. The number of aliphatic hydroxyl groups excluding tert-OH is 1. The number of carbonyl (C=O) groups is 1. The molecule has 0 amide bonds. The molecule has 0 unspecified atom stereocenters. The predicted molar refractivity (Wildman–Crippen MR) is 41.6 cm³/mol. The Hall–Kier alpha value is -1.69. The molecule has 0 aliphatic carbocycles. The fourth-order valence-electron chi connectivity index (χ4n) is 0.671. The van der Waals surface area contributed by atoms with Gasteiger partial charge in [0, 0.05) is 0 Å². The van der Waals surface area contributed by atoms with Crippen molar-refractivity contribution < 1.29 is 19.7 Å². The number of aliphatic hydroxyl groups is 1. The van der Waals surface area contributed by atoms with Crippen LogP contribution in [0.5, 0.6) is 5.88 Å². The van der Waals surface area contributed by atoms with Gasteiger partial charge in [0.25, 0.3) is 0 Å². The van der Waals surface area contributed by atoms with E-state index in [2.05, 4.69) is 9.97 Å². The molecular formula is C7H8N2O4. The van der Waals surface area contributed by atoms with Crippen LogP contribution in [0, 0.1) is 0 Å². The third kappa shape index (κ3) is 2.68. The van der Waals surface area contributed by atoms with E-state index in [1.165, 1.54) is 6.20 Å². The van der Waals surface area contributed by atoms with E-state index in [-0.39, 0.29) is 24.8 Å². The highest BCUT2D eigenvalue weighted by Gasteiger charge is 2.05. The van der Waals surface area contributed by atoms with Crippen LogP contribution in [0.4, 0.5) is 0 Å². The first kappa shape index (κ1) is 9.40.